The van der Waals surface area contributed by atoms with E-state index in [-0.39, 0.29) is 31.1 Å². The van der Waals surface area contributed by atoms with E-state index in [9.17, 15) is 14.4 Å². The summed E-state index contributed by atoms with van der Waals surface area (Å²) in [7, 11) is 0. The van der Waals surface area contributed by atoms with Crippen molar-refractivity contribution in [1.82, 2.24) is 0 Å². The molecule has 78 heavy (non-hydrogen) atoms. The summed E-state index contributed by atoms with van der Waals surface area (Å²) in [5.74, 6) is -0.963. The van der Waals surface area contributed by atoms with Crippen LogP contribution in [0.15, 0.2) is 146 Å². The van der Waals surface area contributed by atoms with Crippen LogP contribution in [0.2, 0.25) is 0 Å². The van der Waals surface area contributed by atoms with Gasteiger partial charge in [0.15, 0.2) is 6.10 Å². The maximum absolute atomic E-state index is 12.9. The van der Waals surface area contributed by atoms with Crippen molar-refractivity contribution in [3.63, 3.8) is 0 Å². The normalized spacial score (nSPS) is 13.1. The van der Waals surface area contributed by atoms with Gasteiger partial charge in [-0.05, 0) is 141 Å². The second-order valence-corrected chi connectivity index (χ2v) is 20.5. The number of hydrogen-bond donors (Lipinski definition) is 0. The van der Waals surface area contributed by atoms with Crippen LogP contribution in [-0.4, -0.2) is 37.2 Å². The Labute approximate surface area is 480 Å². The molecule has 6 heteroatoms. The van der Waals surface area contributed by atoms with E-state index in [1.165, 1.54) is 89.9 Å². The molecule has 1 atom stereocenters. The van der Waals surface area contributed by atoms with Crippen molar-refractivity contribution >= 4 is 17.9 Å². The van der Waals surface area contributed by atoms with Gasteiger partial charge in [0.2, 0.25) is 0 Å². The predicted octanol–water partition coefficient (Wildman–Crippen LogP) is 21.9. The summed E-state index contributed by atoms with van der Waals surface area (Å²) in [5.41, 5.74) is 0. The van der Waals surface area contributed by atoms with E-state index in [4.69, 9.17) is 14.2 Å². The molecular formula is C72H116O6. The molecule has 0 bridgehead atoms. The molecular weight excluding hydrogens is 961 g/mol. The first-order chi connectivity index (χ1) is 38.5. The largest absolute Gasteiger partial charge is 0.462 e. The van der Waals surface area contributed by atoms with Crippen LogP contribution >= 0.6 is 0 Å². The highest BCUT2D eigenvalue weighted by Crippen LogP contribution is 2.14. The van der Waals surface area contributed by atoms with Crippen molar-refractivity contribution < 1.29 is 28.6 Å². The maximum Gasteiger partial charge on any atom is 0.306 e. The molecule has 0 aromatic rings. The third-order valence-corrected chi connectivity index (χ3v) is 13.1. The monoisotopic (exact) mass is 1080 g/mol. The first kappa shape index (κ1) is 73.3. The third kappa shape index (κ3) is 62.1. The van der Waals surface area contributed by atoms with Crippen molar-refractivity contribution in [2.24, 2.45) is 0 Å². The Balaban J connectivity index is 4.43. The second-order valence-electron chi connectivity index (χ2n) is 20.5. The zero-order valence-corrected chi connectivity index (χ0v) is 50.4. The van der Waals surface area contributed by atoms with Crippen LogP contribution in [0, 0.1) is 0 Å². The number of hydrogen-bond acceptors (Lipinski definition) is 6. The van der Waals surface area contributed by atoms with Gasteiger partial charge in [-0.1, -0.05) is 256 Å². The molecule has 0 spiro atoms. The van der Waals surface area contributed by atoms with Crippen LogP contribution < -0.4 is 0 Å². The lowest BCUT2D eigenvalue weighted by molar-refractivity contribution is -0.167. The summed E-state index contributed by atoms with van der Waals surface area (Å²) >= 11 is 0. The average molecular weight is 1080 g/mol. The lowest BCUT2D eigenvalue weighted by atomic mass is 10.1. The Morgan fingerprint density at radius 2 is 0.500 bits per heavy atom. The summed E-state index contributed by atoms with van der Waals surface area (Å²) in [6, 6.07) is 0. The van der Waals surface area contributed by atoms with Crippen LogP contribution in [0.3, 0.4) is 0 Å². The van der Waals surface area contributed by atoms with E-state index in [2.05, 4.69) is 167 Å². The number of allylic oxidation sites excluding steroid dienone is 24. The van der Waals surface area contributed by atoms with E-state index in [0.717, 1.165) is 141 Å². The SMILES string of the molecule is CC/C=C\C/C=C\C/C=C\C/C=C\C/C=C\C/C=C\CCCCCCCCCCC(=O)OCC(COC(=O)CCCC/C=C\C/C=C\C/C=C\C/C=C\CC)OC(=O)CCCCCCCCC/C=C\C/C=C\CCCCCC. The quantitative estimate of drug-likeness (QED) is 0.0261. The molecule has 0 N–H and O–H groups in total. The Morgan fingerprint density at radius 3 is 0.808 bits per heavy atom. The number of ether oxygens (including phenoxy) is 3. The zero-order chi connectivity index (χ0) is 56.4. The van der Waals surface area contributed by atoms with E-state index >= 15 is 0 Å². The average Bonchev–Trinajstić information content (AvgIpc) is 3.44. The van der Waals surface area contributed by atoms with Gasteiger partial charge in [0.1, 0.15) is 13.2 Å². The van der Waals surface area contributed by atoms with Crippen molar-refractivity contribution in [3.8, 4) is 0 Å². The molecule has 0 radical (unpaired) electrons. The fraction of sp³-hybridized carbons (Fsp3) is 0.625. The van der Waals surface area contributed by atoms with Crippen LogP contribution in [-0.2, 0) is 28.6 Å². The molecule has 0 heterocycles. The zero-order valence-electron chi connectivity index (χ0n) is 50.4. The van der Waals surface area contributed by atoms with Crippen molar-refractivity contribution in [3.05, 3.63) is 146 Å². The highest BCUT2D eigenvalue weighted by molar-refractivity contribution is 5.71. The number of carbonyl (C=O) groups is 3. The Morgan fingerprint density at radius 1 is 0.269 bits per heavy atom. The molecule has 0 aliphatic heterocycles. The van der Waals surface area contributed by atoms with Gasteiger partial charge in [0.25, 0.3) is 0 Å². The summed E-state index contributed by atoms with van der Waals surface area (Å²) in [6.07, 6.45) is 92.8. The van der Waals surface area contributed by atoms with Gasteiger partial charge in [-0.15, -0.1) is 0 Å². The minimum Gasteiger partial charge on any atom is -0.462 e. The second kappa shape index (κ2) is 64.8. The molecule has 0 aromatic heterocycles. The fourth-order valence-corrected chi connectivity index (χ4v) is 8.35. The van der Waals surface area contributed by atoms with Gasteiger partial charge >= 0.3 is 17.9 Å². The van der Waals surface area contributed by atoms with E-state index in [1.807, 2.05) is 0 Å². The smallest absolute Gasteiger partial charge is 0.306 e. The van der Waals surface area contributed by atoms with Gasteiger partial charge in [-0.3, -0.25) is 14.4 Å². The van der Waals surface area contributed by atoms with Crippen molar-refractivity contribution in [2.45, 2.75) is 277 Å². The first-order valence-electron chi connectivity index (χ1n) is 31.8. The van der Waals surface area contributed by atoms with Crippen LogP contribution in [0.4, 0.5) is 0 Å². The minimum absolute atomic E-state index is 0.104. The van der Waals surface area contributed by atoms with Gasteiger partial charge < -0.3 is 14.2 Å². The highest BCUT2D eigenvalue weighted by Gasteiger charge is 2.19. The lowest BCUT2D eigenvalue weighted by Crippen LogP contribution is -2.30. The van der Waals surface area contributed by atoms with Gasteiger partial charge in [0.05, 0.1) is 0 Å². The molecule has 1 unspecified atom stereocenters. The summed E-state index contributed by atoms with van der Waals surface area (Å²) in [4.78, 5) is 38.3. The van der Waals surface area contributed by atoms with Gasteiger partial charge in [-0.2, -0.15) is 0 Å². The van der Waals surface area contributed by atoms with Crippen molar-refractivity contribution in [1.29, 1.82) is 0 Å². The topological polar surface area (TPSA) is 78.9 Å². The minimum atomic E-state index is -0.810. The number of unbranched alkanes of at least 4 members (excludes halogenated alkanes) is 21. The molecule has 0 aliphatic rings. The van der Waals surface area contributed by atoms with Crippen LogP contribution in [0.25, 0.3) is 0 Å². The highest BCUT2D eigenvalue weighted by atomic mass is 16.6. The maximum atomic E-state index is 12.9. The molecule has 440 valence electrons. The lowest BCUT2D eigenvalue weighted by Gasteiger charge is -2.18. The number of carbonyl (C=O) groups excluding carboxylic acids is 3. The standard InChI is InChI=1S/C72H116O6/c1-4-7-10-13-16-19-22-25-28-30-32-33-34-35-36-37-38-39-40-42-44-47-50-53-56-59-62-65-71(74)77-68-69(67-76-70(73)64-61-58-55-52-49-46-43-27-24-21-18-15-12-9-6-3)78-72(75)66-63-60-57-54-51-48-45-41-31-29-26-23-20-17-14-11-8-5-2/h7,9-10,12,16,18-21,23,25,27-29,31-33,35-36,38-39,43,49,52,69H,4-6,8,11,13-15,17,22,24,26,30,34,37,40-42,44-48,50-51,53-68H2,1-3H3/b10-7-,12-9-,19-16-,21-18-,23-20-,28-25-,31-29-,33-32-,36-35-,39-38-,43-27-,52-49-. The van der Waals surface area contributed by atoms with Gasteiger partial charge in [0, 0.05) is 19.3 Å². The van der Waals surface area contributed by atoms with E-state index < -0.39 is 6.10 Å². The summed E-state index contributed by atoms with van der Waals surface area (Å²) in [6.45, 7) is 6.35. The third-order valence-electron chi connectivity index (χ3n) is 13.1. The summed E-state index contributed by atoms with van der Waals surface area (Å²) in [5, 5.41) is 0. The van der Waals surface area contributed by atoms with E-state index in [1.54, 1.807) is 0 Å². The van der Waals surface area contributed by atoms with Crippen molar-refractivity contribution in [2.75, 3.05) is 13.2 Å². The Bertz CT molecular complexity index is 1710. The van der Waals surface area contributed by atoms with Gasteiger partial charge in [-0.25, -0.2) is 0 Å². The molecule has 0 amide bonds. The Hall–Kier alpha value is -4.71. The molecule has 0 rings (SSSR count). The number of esters is 3. The molecule has 0 saturated carbocycles. The fourth-order valence-electron chi connectivity index (χ4n) is 8.35. The van der Waals surface area contributed by atoms with Crippen LogP contribution in [0.1, 0.15) is 271 Å². The predicted molar refractivity (Wildman–Crippen MR) is 339 cm³/mol. The molecule has 0 aromatic carbocycles. The Kier molecular flexibility index (Phi) is 60.9. The molecule has 6 nitrogen and oxygen atoms in total. The molecule has 0 aliphatic carbocycles. The van der Waals surface area contributed by atoms with Crippen LogP contribution in [0.5, 0.6) is 0 Å². The first-order valence-corrected chi connectivity index (χ1v) is 31.8. The molecule has 0 saturated heterocycles. The number of rotatable bonds is 56. The molecule has 0 fully saturated rings. The van der Waals surface area contributed by atoms with E-state index in [0.29, 0.717) is 19.3 Å². The summed E-state index contributed by atoms with van der Waals surface area (Å²) < 4.78 is 16.9.